The number of aromatic nitrogens is 1. The van der Waals surface area contributed by atoms with E-state index in [9.17, 15) is 9.59 Å². The number of nitrogens with zero attached hydrogens (tertiary/aromatic N) is 1. The molecular formula is C16H24N2O3. The quantitative estimate of drug-likeness (QED) is 0.865. The highest BCUT2D eigenvalue weighted by atomic mass is 16.6. The second-order valence-corrected chi connectivity index (χ2v) is 6.59. The molecule has 1 atom stereocenters. The molecule has 1 aromatic heterocycles. The Balaban J connectivity index is 2.26. The number of aromatic amines is 1. The summed E-state index contributed by atoms with van der Waals surface area (Å²) >= 11 is 0. The lowest BCUT2D eigenvalue weighted by molar-refractivity contribution is 0.00941. The number of H-pyrrole nitrogens is 1. The van der Waals surface area contributed by atoms with Gasteiger partial charge >= 0.3 is 6.09 Å². The van der Waals surface area contributed by atoms with Gasteiger partial charge in [-0.25, -0.2) is 4.79 Å². The van der Waals surface area contributed by atoms with Crippen molar-refractivity contribution in [2.24, 2.45) is 0 Å². The molecule has 2 heterocycles. The number of nitrogens with one attached hydrogen (secondary N) is 1. The van der Waals surface area contributed by atoms with Crippen molar-refractivity contribution >= 4 is 6.09 Å². The predicted molar refractivity (Wildman–Crippen MR) is 81.3 cm³/mol. The minimum Gasteiger partial charge on any atom is -0.444 e. The largest absolute Gasteiger partial charge is 0.444 e. The molecule has 0 saturated carbocycles. The number of aryl methyl sites for hydroxylation is 1. The average molecular weight is 292 g/mol. The van der Waals surface area contributed by atoms with Crippen LogP contribution < -0.4 is 5.56 Å². The molecule has 1 aliphatic heterocycles. The van der Waals surface area contributed by atoms with Crippen LogP contribution in [0.1, 0.15) is 57.3 Å². The minimum atomic E-state index is -0.501. The number of amides is 1. The number of pyridine rings is 1. The zero-order chi connectivity index (χ0) is 15.6. The Morgan fingerprint density at radius 1 is 1.33 bits per heavy atom. The number of rotatable bonds is 1. The van der Waals surface area contributed by atoms with E-state index in [-0.39, 0.29) is 17.7 Å². The summed E-state index contributed by atoms with van der Waals surface area (Å²) in [5.74, 6) is 0. The number of carbonyl (C=O) groups excluding carboxylic acids is 1. The third-order valence-corrected chi connectivity index (χ3v) is 3.65. The maximum Gasteiger partial charge on any atom is 0.410 e. The Hall–Kier alpha value is -1.78. The van der Waals surface area contributed by atoms with Gasteiger partial charge in [0.15, 0.2) is 0 Å². The van der Waals surface area contributed by atoms with Gasteiger partial charge in [0.05, 0.1) is 6.04 Å². The molecule has 1 aromatic rings. The molecule has 0 aliphatic carbocycles. The SMILES string of the molecule is Cc1[nH]c(=O)ccc1[C@@H]1CCCCN1C(=O)OC(C)(C)C. The van der Waals surface area contributed by atoms with Gasteiger partial charge in [-0.15, -0.1) is 0 Å². The third kappa shape index (κ3) is 3.86. The summed E-state index contributed by atoms with van der Waals surface area (Å²) in [4.78, 5) is 28.4. The molecule has 21 heavy (non-hydrogen) atoms. The Bertz CT molecular complexity index is 572. The molecule has 1 fully saturated rings. The first kappa shape index (κ1) is 15.6. The van der Waals surface area contributed by atoms with E-state index in [2.05, 4.69) is 4.98 Å². The van der Waals surface area contributed by atoms with Crippen LogP contribution in [0.5, 0.6) is 0 Å². The van der Waals surface area contributed by atoms with Crippen molar-refractivity contribution in [1.29, 1.82) is 0 Å². The molecule has 116 valence electrons. The molecule has 1 aliphatic rings. The summed E-state index contributed by atoms with van der Waals surface area (Å²) in [6.45, 7) is 8.18. The Morgan fingerprint density at radius 3 is 2.67 bits per heavy atom. The van der Waals surface area contributed by atoms with Crippen LogP contribution in [-0.2, 0) is 4.74 Å². The van der Waals surface area contributed by atoms with Crippen molar-refractivity contribution in [3.8, 4) is 0 Å². The summed E-state index contributed by atoms with van der Waals surface area (Å²) in [5.41, 5.74) is 1.21. The minimum absolute atomic E-state index is 0.0227. The van der Waals surface area contributed by atoms with E-state index in [0.29, 0.717) is 6.54 Å². The van der Waals surface area contributed by atoms with Gasteiger partial charge in [0.1, 0.15) is 5.60 Å². The summed E-state index contributed by atoms with van der Waals surface area (Å²) in [5, 5.41) is 0. The fraction of sp³-hybridized carbons (Fsp3) is 0.625. The van der Waals surface area contributed by atoms with Crippen molar-refractivity contribution < 1.29 is 9.53 Å². The van der Waals surface area contributed by atoms with Crippen LogP contribution in [0.2, 0.25) is 0 Å². The lowest BCUT2D eigenvalue weighted by atomic mass is 9.95. The van der Waals surface area contributed by atoms with Gasteiger partial charge in [0.25, 0.3) is 0 Å². The fourth-order valence-electron chi connectivity index (χ4n) is 2.74. The first-order valence-corrected chi connectivity index (χ1v) is 7.47. The molecule has 1 saturated heterocycles. The number of hydrogen-bond acceptors (Lipinski definition) is 3. The Morgan fingerprint density at radius 2 is 2.05 bits per heavy atom. The monoisotopic (exact) mass is 292 g/mol. The normalized spacial score (nSPS) is 19.4. The Labute approximate surface area is 125 Å². The molecular weight excluding hydrogens is 268 g/mol. The lowest BCUT2D eigenvalue weighted by Gasteiger charge is -2.37. The van der Waals surface area contributed by atoms with Gasteiger partial charge in [-0.1, -0.05) is 0 Å². The molecule has 5 heteroatoms. The molecule has 0 radical (unpaired) electrons. The van der Waals surface area contributed by atoms with Gasteiger partial charge in [0, 0.05) is 18.3 Å². The molecule has 5 nitrogen and oxygen atoms in total. The van der Waals surface area contributed by atoms with Crippen LogP contribution in [0.15, 0.2) is 16.9 Å². The summed E-state index contributed by atoms with van der Waals surface area (Å²) in [6.07, 6.45) is 2.67. The number of piperidine rings is 1. The number of ether oxygens (including phenoxy) is 1. The summed E-state index contributed by atoms with van der Waals surface area (Å²) in [6, 6.07) is 3.32. The Kier molecular flexibility index (Phi) is 4.40. The van der Waals surface area contributed by atoms with Crippen LogP contribution in [0.4, 0.5) is 4.79 Å². The molecule has 0 aromatic carbocycles. The molecule has 1 N–H and O–H groups in total. The molecule has 0 unspecified atom stereocenters. The van der Waals surface area contributed by atoms with Gasteiger partial charge in [-0.3, -0.25) is 4.79 Å². The maximum absolute atomic E-state index is 12.4. The van der Waals surface area contributed by atoms with Crippen LogP contribution in [0, 0.1) is 6.92 Å². The second kappa shape index (κ2) is 5.92. The first-order chi connectivity index (χ1) is 9.78. The number of carbonyl (C=O) groups is 1. The average Bonchev–Trinajstić information content (AvgIpc) is 2.37. The summed E-state index contributed by atoms with van der Waals surface area (Å²) < 4.78 is 5.51. The van der Waals surface area contributed by atoms with E-state index in [0.717, 1.165) is 30.5 Å². The van der Waals surface area contributed by atoms with Gasteiger partial charge in [0.2, 0.25) is 5.56 Å². The summed E-state index contributed by atoms with van der Waals surface area (Å²) in [7, 11) is 0. The molecule has 0 bridgehead atoms. The topological polar surface area (TPSA) is 62.4 Å². The van der Waals surface area contributed by atoms with Gasteiger partial charge in [-0.2, -0.15) is 0 Å². The van der Waals surface area contributed by atoms with Crippen molar-refractivity contribution in [3.63, 3.8) is 0 Å². The smallest absolute Gasteiger partial charge is 0.410 e. The van der Waals surface area contributed by atoms with Crippen LogP contribution in [-0.4, -0.2) is 28.1 Å². The third-order valence-electron chi connectivity index (χ3n) is 3.65. The van der Waals surface area contributed by atoms with Crippen molar-refractivity contribution in [2.45, 2.75) is 58.6 Å². The van der Waals surface area contributed by atoms with Crippen molar-refractivity contribution in [3.05, 3.63) is 33.7 Å². The molecule has 1 amide bonds. The molecule has 0 spiro atoms. The van der Waals surface area contributed by atoms with E-state index in [1.807, 2.05) is 33.8 Å². The van der Waals surface area contributed by atoms with Gasteiger partial charge in [-0.05, 0) is 58.6 Å². The van der Waals surface area contributed by atoms with E-state index >= 15 is 0 Å². The van der Waals surface area contributed by atoms with Gasteiger partial charge < -0.3 is 14.6 Å². The maximum atomic E-state index is 12.4. The highest BCUT2D eigenvalue weighted by molar-refractivity contribution is 5.69. The number of hydrogen-bond donors (Lipinski definition) is 1. The van der Waals surface area contributed by atoms with Crippen molar-refractivity contribution in [2.75, 3.05) is 6.54 Å². The number of likely N-dealkylation sites (tertiary alicyclic amines) is 1. The van der Waals surface area contributed by atoms with Crippen LogP contribution in [0.3, 0.4) is 0 Å². The van der Waals surface area contributed by atoms with E-state index in [1.165, 1.54) is 6.07 Å². The van der Waals surface area contributed by atoms with E-state index in [4.69, 9.17) is 4.74 Å². The zero-order valence-electron chi connectivity index (χ0n) is 13.2. The fourth-order valence-corrected chi connectivity index (χ4v) is 2.74. The van der Waals surface area contributed by atoms with Crippen molar-refractivity contribution in [1.82, 2.24) is 9.88 Å². The lowest BCUT2D eigenvalue weighted by Crippen LogP contribution is -2.42. The molecule has 2 rings (SSSR count). The second-order valence-electron chi connectivity index (χ2n) is 6.59. The van der Waals surface area contributed by atoms with Crippen LogP contribution in [0.25, 0.3) is 0 Å². The van der Waals surface area contributed by atoms with Crippen LogP contribution >= 0.6 is 0 Å². The highest BCUT2D eigenvalue weighted by Crippen LogP contribution is 2.32. The standard InChI is InChI=1S/C16H24N2O3/c1-11-12(8-9-14(19)17-11)13-7-5-6-10-18(13)15(20)21-16(2,3)4/h8-9,13H,5-7,10H2,1-4H3,(H,17,19)/t13-/m0/s1. The van der Waals surface area contributed by atoms with E-state index in [1.54, 1.807) is 4.90 Å². The zero-order valence-corrected chi connectivity index (χ0v) is 13.2. The van der Waals surface area contributed by atoms with E-state index < -0.39 is 5.60 Å². The highest BCUT2D eigenvalue weighted by Gasteiger charge is 2.32. The first-order valence-electron chi connectivity index (χ1n) is 7.47. The predicted octanol–water partition coefficient (Wildman–Crippen LogP) is 3.15.